The summed E-state index contributed by atoms with van der Waals surface area (Å²) in [7, 11) is 0. The fourth-order valence-corrected chi connectivity index (χ4v) is 4.98. The first kappa shape index (κ1) is 26.6. The molecule has 36 heavy (non-hydrogen) atoms. The highest BCUT2D eigenvalue weighted by Crippen LogP contribution is 2.43. The van der Waals surface area contributed by atoms with Gasteiger partial charge in [0.15, 0.2) is 6.61 Å². The lowest BCUT2D eigenvalue weighted by atomic mass is 9.99. The summed E-state index contributed by atoms with van der Waals surface area (Å²) in [6, 6.07) is 8.63. The Morgan fingerprint density at radius 3 is 2.50 bits per heavy atom. The maximum absolute atomic E-state index is 12.9. The number of rotatable bonds is 10. The fraction of sp³-hybridized carbons (Fsp3) is 0.348. The van der Waals surface area contributed by atoms with Crippen molar-refractivity contribution in [2.24, 2.45) is 5.18 Å². The van der Waals surface area contributed by atoms with Gasteiger partial charge in [-0.3, -0.25) is 29.9 Å². The number of carboxylic acid groups (broad SMARTS) is 1. The monoisotopic (exact) mass is 516 g/mol. The van der Waals surface area contributed by atoms with Gasteiger partial charge in [0.2, 0.25) is 0 Å². The molecule has 2 aromatic rings. The van der Waals surface area contributed by atoms with Crippen LogP contribution in [0.5, 0.6) is 5.75 Å². The van der Waals surface area contributed by atoms with Crippen LogP contribution in [0.25, 0.3) is 0 Å². The molecular weight excluding hydrogens is 492 g/mol. The third-order valence-corrected chi connectivity index (χ3v) is 6.88. The standard InChI is InChI=1S/C23H24N4O8S/c1-12(2)16-9-17(25-32)13(3)8-18(16)35-11-20(28)24-26-22(31)19(10-21(29)30)36-23(26)14-4-6-15(7-5-14)27(33)34/h4-9,12,19,23H,10-11H2,1-3H3,(H,24,28)(H,29,30). The zero-order valence-corrected chi connectivity index (χ0v) is 20.5. The first-order valence-corrected chi connectivity index (χ1v) is 11.8. The van der Waals surface area contributed by atoms with E-state index < -0.39 is 46.4 Å². The van der Waals surface area contributed by atoms with E-state index in [0.717, 1.165) is 16.8 Å². The number of nitro groups is 1. The Morgan fingerprint density at radius 2 is 1.94 bits per heavy atom. The SMILES string of the molecule is Cc1cc(OCC(=O)NN2C(=O)C(CC(=O)O)SC2c2ccc([N+](=O)[O-])cc2)c(C(C)C)cc1N=O. The molecule has 190 valence electrons. The van der Waals surface area contributed by atoms with Crippen LogP contribution < -0.4 is 10.2 Å². The van der Waals surface area contributed by atoms with Crippen LogP contribution in [-0.4, -0.2) is 44.7 Å². The van der Waals surface area contributed by atoms with Gasteiger partial charge >= 0.3 is 5.97 Å². The van der Waals surface area contributed by atoms with E-state index >= 15 is 0 Å². The molecule has 1 saturated heterocycles. The molecule has 0 saturated carbocycles. The highest BCUT2D eigenvalue weighted by atomic mass is 32.2. The number of nitro benzene ring substituents is 1. The molecule has 0 aliphatic carbocycles. The Labute approximate surface area is 210 Å². The number of aliphatic carboxylic acids is 1. The lowest BCUT2D eigenvalue weighted by Crippen LogP contribution is -2.47. The van der Waals surface area contributed by atoms with Gasteiger partial charge in [-0.25, -0.2) is 5.01 Å². The van der Waals surface area contributed by atoms with E-state index in [1.807, 2.05) is 13.8 Å². The van der Waals surface area contributed by atoms with Crippen LogP contribution in [0.15, 0.2) is 41.6 Å². The topological polar surface area (TPSA) is 169 Å². The molecule has 12 nitrogen and oxygen atoms in total. The number of nitrogens with one attached hydrogen (secondary N) is 1. The quantitative estimate of drug-likeness (QED) is 0.270. The minimum atomic E-state index is -1.18. The smallest absolute Gasteiger partial charge is 0.305 e. The van der Waals surface area contributed by atoms with Crippen LogP contribution in [0, 0.1) is 21.9 Å². The van der Waals surface area contributed by atoms with Crippen LogP contribution in [-0.2, 0) is 14.4 Å². The van der Waals surface area contributed by atoms with Crippen molar-refractivity contribution >= 4 is 40.9 Å². The number of benzene rings is 2. The average molecular weight is 517 g/mol. The first-order valence-electron chi connectivity index (χ1n) is 10.9. The van der Waals surface area contributed by atoms with Gasteiger partial charge < -0.3 is 9.84 Å². The predicted octanol–water partition coefficient (Wildman–Crippen LogP) is 3.95. The number of aryl methyl sites for hydroxylation is 1. The summed E-state index contributed by atoms with van der Waals surface area (Å²) < 4.78 is 5.69. The molecule has 0 radical (unpaired) electrons. The molecule has 2 atom stereocenters. The van der Waals surface area contributed by atoms with Crippen LogP contribution in [0.2, 0.25) is 0 Å². The molecule has 1 aliphatic rings. The minimum Gasteiger partial charge on any atom is -0.483 e. The Kier molecular flexibility index (Phi) is 8.25. The number of carbonyl (C=O) groups excluding carboxylic acids is 2. The molecule has 2 aromatic carbocycles. The maximum atomic E-state index is 12.9. The third-order valence-electron chi connectivity index (χ3n) is 5.44. The number of hydrazine groups is 1. The minimum absolute atomic E-state index is 0.0241. The van der Waals surface area contributed by atoms with Gasteiger partial charge in [0.1, 0.15) is 16.8 Å². The van der Waals surface area contributed by atoms with Crippen molar-refractivity contribution in [2.45, 2.75) is 43.7 Å². The average Bonchev–Trinajstić information content (AvgIpc) is 3.11. The summed E-state index contributed by atoms with van der Waals surface area (Å²) in [5.74, 6) is -2.09. The molecule has 2 amide bonds. The summed E-state index contributed by atoms with van der Waals surface area (Å²) in [4.78, 5) is 58.3. The van der Waals surface area contributed by atoms with Gasteiger partial charge in [0.05, 0.1) is 16.6 Å². The van der Waals surface area contributed by atoms with Gasteiger partial charge in [0, 0.05) is 12.1 Å². The number of hydrogen-bond acceptors (Lipinski definition) is 9. The van der Waals surface area contributed by atoms with Crippen molar-refractivity contribution in [3.8, 4) is 5.75 Å². The molecule has 0 aromatic heterocycles. The number of carbonyl (C=O) groups is 3. The van der Waals surface area contributed by atoms with Crippen molar-refractivity contribution in [1.29, 1.82) is 0 Å². The first-order chi connectivity index (χ1) is 17.0. The zero-order valence-electron chi connectivity index (χ0n) is 19.7. The number of carboxylic acids is 1. The highest BCUT2D eigenvalue weighted by Gasteiger charge is 2.43. The molecule has 2 N–H and O–H groups in total. The molecule has 1 heterocycles. The second-order valence-electron chi connectivity index (χ2n) is 8.38. The maximum Gasteiger partial charge on any atom is 0.305 e. The number of nitroso groups, excluding NO2 is 1. The molecule has 1 fully saturated rings. The molecule has 0 spiro atoms. The Bertz CT molecular complexity index is 1200. The summed E-state index contributed by atoms with van der Waals surface area (Å²) in [6.07, 6.45) is -0.454. The Morgan fingerprint density at radius 1 is 1.28 bits per heavy atom. The number of nitrogens with zero attached hydrogens (tertiary/aromatic N) is 3. The van der Waals surface area contributed by atoms with Crippen LogP contribution >= 0.6 is 11.8 Å². The molecule has 1 aliphatic heterocycles. The van der Waals surface area contributed by atoms with E-state index in [9.17, 15) is 29.4 Å². The number of hydrogen-bond donors (Lipinski definition) is 2. The van der Waals surface area contributed by atoms with Crippen LogP contribution in [0.3, 0.4) is 0 Å². The van der Waals surface area contributed by atoms with Crippen molar-refractivity contribution < 1.29 is 29.2 Å². The molecular formula is C23H24N4O8S. The number of non-ortho nitro benzene ring substituents is 1. The third kappa shape index (κ3) is 5.97. The lowest BCUT2D eigenvalue weighted by Gasteiger charge is -2.24. The summed E-state index contributed by atoms with van der Waals surface area (Å²) in [5, 5.41) is 22.4. The van der Waals surface area contributed by atoms with E-state index in [1.54, 1.807) is 19.1 Å². The van der Waals surface area contributed by atoms with Crippen molar-refractivity contribution in [1.82, 2.24) is 10.4 Å². The molecule has 2 unspecified atom stereocenters. The van der Waals surface area contributed by atoms with Crippen molar-refractivity contribution in [3.63, 3.8) is 0 Å². The lowest BCUT2D eigenvalue weighted by molar-refractivity contribution is -0.384. The number of amides is 2. The summed E-state index contributed by atoms with van der Waals surface area (Å²) >= 11 is 1.02. The number of thioether (sulfide) groups is 1. The highest BCUT2D eigenvalue weighted by molar-refractivity contribution is 8.01. The van der Waals surface area contributed by atoms with E-state index in [1.165, 1.54) is 24.3 Å². The van der Waals surface area contributed by atoms with Gasteiger partial charge in [-0.2, -0.15) is 0 Å². The Balaban J connectivity index is 1.79. The van der Waals surface area contributed by atoms with E-state index in [2.05, 4.69) is 10.6 Å². The van der Waals surface area contributed by atoms with Gasteiger partial charge in [-0.15, -0.1) is 16.7 Å². The summed E-state index contributed by atoms with van der Waals surface area (Å²) in [5.41, 5.74) is 4.33. The van der Waals surface area contributed by atoms with E-state index in [-0.39, 0.29) is 17.3 Å². The summed E-state index contributed by atoms with van der Waals surface area (Å²) in [6.45, 7) is 5.01. The largest absolute Gasteiger partial charge is 0.483 e. The van der Waals surface area contributed by atoms with Crippen LogP contribution in [0.1, 0.15) is 48.3 Å². The molecule has 0 bridgehead atoms. The zero-order chi connectivity index (χ0) is 26.6. The fourth-order valence-electron chi connectivity index (χ4n) is 3.61. The molecule has 3 rings (SSSR count). The van der Waals surface area contributed by atoms with Crippen molar-refractivity contribution in [3.05, 3.63) is 68.1 Å². The normalized spacial score (nSPS) is 17.2. The second-order valence-corrected chi connectivity index (χ2v) is 9.67. The van der Waals surface area contributed by atoms with Gasteiger partial charge in [-0.05, 0) is 59.0 Å². The number of ether oxygens (including phenoxy) is 1. The van der Waals surface area contributed by atoms with Crippen LogP contribution in [0.4, 0.5) is 11.4 Å². The molecule has 13 heteroatoms. The predicted molar refractivity (Wildman–Crippen MR) is 131 cm³/mol. The van der Waals surface area contributed by atoms with E-state index in [4.69, 9.17) is 9.84 Å². The van der Waals surface area contributed by atoms with Gasteiger partial charge in [0.25, 0.3) is 17.5 Å². The second kappa shape index (κ2) is 11.2. The van der Waals surface area contributed by atoms with Gasteiger partial charge in [-0.1, -0.05) is 13.8 Å². The Hall–Kier alpha value is -4.00. The van der Waals surface area contributed by atoms with Crippen molar-refractivity contribution in [2.75, 3.05) is 6.61 Å². The van der Waals surface area contributed by atoms with E-state index in [0.29, 0.717) is 22.4 Å².